The molecule has 23 heavy (non-hydrogen) atoms. The third kappa shape index (κ3) is 8.28. The van der Waals surface area contributed by atoms with Crippen molar-refractivity contribution in [1.29, 1.82) is 0 Å². The molecule has 4 nitrogen and oxygen atoms in total. The lowest BCUT2D eigenvalue weighted by Crippen LogP contribution is -2.48. The number of alkyl halides is 6. The Hall–Kier alpha value is -1.20. The highest BCUT2D eigenvalue weighted by Crippen LogP contribution is 2.34. The van der Waals surface area contributed by atoms with E-state index in [1.54, 1.807) is 0 Å². The molecule has 0 aromatic carbocycles. The molecule has 0 fully saturated rings. The average Bonchev–Trinajstić information content (AvgIpc) is 2.34. The van der Waals surface area contributed by atoms with Gasteiger partial charge in [-0.15, -0.1) is 0 Å². The zero-order valence-corrected chi connectivity index (χ0v) is 13.1. The Balaban J connectivity index is 0.000000422. The third-order valence-electron chi connectivity index (χ3n) is 2.53. The molecule has 0 aliphatic rings. The van der Waals surface area contributed by atoms with Crippen LogP contribution in [0.3, 0.4) is 0 Å². The van der Waals surface area contributed by atoms with E-state index in [0.29, 0.717) is 0 Å². The van der Waals surface area contributed by atoms with Crippen LogP contribution in [0.25, 0.3) is 0 Å². The highest BCUT2D eigenvalue weighted by Gasteiger charge is 2.55. The van der Waals surface area contributed by atoms with Gasteiger partial charge in [0.2, 0.25) is 0 Å². The van der Waals surface area contributed by atoms with Crippen LogP contribution in [0.4, 0.5) is 26.3 Å². The Kier molecular flexibility index (Phi) is 8.70. The van der Waals surface area contributed by atoms with E-state index in [1.807, 2.05) is 12.3 Å². The summed E-state index contributed by atoms with van der Waals surface area (Å²) in [6.45, 7) is 4.29. The molecule has 0 amide bonds. The number of halogens is 6. The molecule has 0 aliphatic heterocycles. The van der Waals surface area contributed by atoms with Gasteiger partial charge in [-0.25, -0.2) is 0 Å². The fourth-order valence-corrected chi connectivity index (χ4v) is 1.80. The summed E-state index contributed by atoms with van der Waals surface area (Å²) in [5.41, 5.74) is 2.58. The van der Waals surface area contributed by atoms with Gasteiger partial charge >= 0.3 is 12.6 Å². The average molecular weight is 365 g/mol. The van der Waals surface area contributed by atoms with Gasteiger partial charge in [0.15, 0.2) is 0 Å². The van der Waals surface area contributed by atoms with Gasteiger partial charge in [0, 0.05) is 23.2 Å². The largest absolute Gasteiger partial charge is 0.759 e. The van der Waals surface area contributed by atoms with Crippen molar-refractivity contribution in [3.8, 4) is 0 Å². The summed E-state index contributed by atoms with van der Waals surface area (Å²) in [5, 5.41) is 0. The van der Waals surface area contributed by atoms with Gasteiger partial charge in [-0.2, -0.15) is 26.3 Å². The van der Waals surface area contributed by atoms with Crippen LogP contribution in [0.15, 0.2) is 18.3 Å². The Morgan fingerprint density at radius 1 is 1.22 bits per heavy atom. The first-order valence-corrected chi connectivity index (χ1v) is 7.38. The van der Waals surface area contributed by atoms with E-state index < -0.39 is 28.2 Å². The van der Waals surface area contributed by atoms with Gasteiger partial charge in [-0.05, 0) is 35.7 Å². The normalized spacial score (nSPS) is 13.5. The molecule has 0 aliphatic carbocycles. The third-order valence-corrected chi connectivity index (χ3v) is 3.24. The van der Waals surface area contributed by atoms with Crippen LogP contribution in [0.2, 0.25) is 0 Å². The lowest BCUT2D eigenvalue weighted by Gasteiger charge is -2.27. The van der Waals surface area contributed by atoms with E-state index in [1.165, 1.54) is 30.5 Å². The van der Waals surface area contributed by atoms with E-state index in [-0.39, 0.29) is 0 Å². The summed E-state index contributed by atoms with van der Waals surface area (Å²) >= 11 is -4.41. The number of unbranched alkanes of at least 4 members (excludes halogenated alkanes) is 1. The SMILES string of the molecule is CCCCc1cccnc1C.O=S([O-])N(C(F)(F)F)C(F)(F)F. The lowest BCUT2D eigenvalue weighted by atomic mass is 10.1. The van der Waals surface area contributed by atoms with E-state index in [0.717, 1.165) is 0 Å². The molecule has 1 rings (SSSR count). The second-order valence-electron chi connectivity index (χ2n) is 4.30. The molecular formula is C12H15F6N2O2S-. The number of nitrogens with zero attached hydrogens (tertiary/aromatic N) is 2. The number of hydrogen-bond donors (Lipinski definition) is 0. The number of aryl methyl sites for hydroxylation is 2. The first-order valence-electron chi connectivity index (χ1n) is 6.34. The van der Waals surface area contributed by atoms with Gasteiger partial charge in [-0.1, -0.05) is 19.4 Å². The molecule has 1 unspecified atom stereocenters. The van der Waals surface area contributed by atoms with Crippen molar-refractivity contribution >= 4 is 11.3 Å². The molecule has 1 atom stereocenters. The minimum atomic E-state index is -5.98. The summed E-state index contributed by atoms with van der Waals surface area (Å²) < 4.78 is 84.1. The van der Waals surface area contributed by atoms with Crippen molar-refractivity contribution in [3.63, 3.8) is 0 Å². The molecule has 0 saturated carbocycles. The molecule has 11 heteroatoms. The van der Waals surface area contributed by atoms with E-state index in [9.17, 15) is 35.1 Å². The van der Waals surface area contributed by atoms with Crippen LogP contribution in [0.1, 0.15) is 31.0 Å². The summed E-state index contributed by atoms with van der Waals surface area (Å²) in [6.07, 6.45) is -6.41. The predicted octanol–water partition coefficient (Wildman–Crippen LogP) is 3.85. The highest BCUT2D eigenvalue weighted by atomic mass is 32.2. The standard InChI is InChI=1S/C10H15N.C2HF6NO2S/c1-3-4-6-10-7-5-8-11-9(10)2;3-1(4,5)9(12(10)11)2(6,7)8/h5,7-8H,3-4,6H2,1-2H3;(H,10,11)/p-1. The Morgan fingerprint density at radius 2 is 1.74 bits per heavy atom. The fourth-order valence-electron chi connectivity index (χ4n) is 1.46. The van der Waals surface area contributed by atoms with Crippen molar-refractivity contribution in [1.82, 2.24) is 9.29 Å². The molecule has 0 bridgehead atoms. The molecule has 0 N–H and O–H groups in total. The van der Waals surface area contributed by atoms with Crippen molar-refractivity contribution in [2.24, 2.45) is 0 Å². The number of hydrogen-bond acceptors (Lipinski definition) is 3. The molecule has 1 heterocycles. The van der Waals surface area contributed by atoms with Crippen molar-refractivity contribution in [3.05, 3.63) is 29.6 Å². The van der Waals surface area contributed by atoms with Gasteiger partial charge in [0.25, 0.3) is 0 Å². The Bertz CT molecular complexity index is 493. The molecule has 1 aromatic rings. The summed E-state index contributed by atoms with van der Waals surface area (Å²) in [7, 11) is 0. The maximum absolute atomic E-state index is 11.3. The minimum Gasteiger partial charge on any atom is -0.759 e. The Labute approximate surface area is 131 Å². The van der Waals surface area contributed by atoms with Crippen LogP contribution in [0, 0.1) is 6.92 Å². The zero-order valence-electron chi connectivity index (χ0n) is 12.2. The molecule has 134 valence electrons. The zero-order chi connectivity index (χ0) is 18.3. The first kappa shape index (κ1) is 21.8. The second kappa shape index (κ2) is 9.18. The first-order chi connectivity index (χ1) is 10.4. The predicted molar refractivity (Wildman–Crippen MR) is 70.5 cm³/mol. The van der Waals surface area contributed by atoms with Gasteiger partial charge < -0.3 is 4.55 Å². The van der Waals surface area contributed by atoms with Crippen LogP contribution in [0.5, 0.6) is 0 Å². The lowest BCUT2D eigenvalue weighted by molar-refractivity contribution is -0.334. The fraction of sp³-hybridized carbons (Fsp3) is 0.583. The van der Waals surface area contributed by atoms with Gasteiger partial charge in [0.05, 0.1) is 0 Å². The van der Waals surface area contributed by atoms with Crippen LogP contribution >= 0.6 is 0 Å². The molecule has 0 radical (unpaired) electrons. The highest BCUT2D eigenvalue weighted by molar-refractivity contribution is 7.76. The second-order valence-corrected chi connectivity index (χ2v) is 5.10. The smallest absolute Gasteiger partial charge is 0.477 e. The van der Waals surface area contributed by atoms with Crippen LogP contribution in [-0.4, -0.2) is 30.7 Å². The maximum atomic E-state index is 11.3. The minimum absolute atomic E-state index is 1.18. The Morgan fingerprint density at radius 3 is 2.04 bits per heavy atom. The maximum Gasteiger partial charge on any atom is 0.477 e. The van der Waals surface area contributed by atoms with Crippen LogP contribution in [-0.2, 0) is 17.7 Å². The number of aromatic nitrogens is 1. The quantitative estimate of drug-likeness (QED) is 0.463. The number of rotatable bonds is 4. The van der Waals surface area contributed by atoms with Gasteiger partial charge in [-0.3, -0.25) is 9.19 Å². The van der Waals surface area contributed by atoms with E-state index >= 15 is 0 Å². The van der Waals surface area contributed by atoms with Crippen molar-refractivity contribution in [2.75, 3.05) is 0 Å². The molecular weight excluding hydrogens is 350 g/mol. The summed E-state index contributed by atoms with van der Waals surface area (Å²) in [6, 6.07) is 4.18. The topological polar surface area (TPSA) is 56.3 Å². The van der Waals surface area contributed by atoms with E-state index in [2.05, 4.69) is 24.9 Å². The summed E-state index contributed by atoms with van der Waals surface area (Å²) in [5.74, 6) is 0. The molecule has 0 spiro atoms. The molecule has 1 aromatic heterocycles. The monoisotopic (exact) mass is 365 g/mol. The van der Waals surface area contributed by atoms with Crippen LogP contribution < -0.4 is 0 Å². The summed E-state index contributed by atoms with van der Waals surface area (Å²) in [4.78, 5) is 4.23. The molecule has 0 saturated heterocycles. The van der Waals surface area contributed by atoms with Gasteiger partial charge in [0.1, 0.15) is 0 Å². The van der Waals surface area contributed by atoms with Crippen molar-refractivity contribution < 1.29 is 35.1 Å². The van der Waals surface area contributed by atoms with E-state index in [4.69, 9.17) is 0 Å². The number of pyridine rings is 1. The van der Waals surface area contributed by atoms with Crippen molar-refractivity contribution in [2.45, 2.75) is 45.7 Å².